The van der Waals surface area contributed by atoms with Crippen molar-refractivity contribution in [3.63, 3.8) is 0 Å². The van der Waals surface area contributed by atoms with E-state index in [4.69, 9.17) is 0 Å². The Labute approximate surface area is 161 Å². The lowest BCUT2D eigenvalue weighted by molar-refractivity contribution is 0.481. The molecule has 134 valence electrons. The Morgan fingerprint density at radius 2 is 2.00 bits per heavy atom. The van der Waals surface area contributed by atoms with E-state index in [1.54, 1.807) is 0 Å². The lowest BCUT2D eigenvalue weighted by atomic mass is 10.0. The molecule has 0 aromatic carbocycles. The molecule has 0 aliphatic rings. The third-order valence-corrected chi connectivity index (χ3v) is 4.19. The van der Waals surface area contributed by atoms with Gasteiger partial charge in [0.2, 0.25) is 0 Å². The summed E-state index contributed by atoms with van der Waals surface area (Å²) in [5.41, 5.74) is 0.901. The van der Waals surface area contributed by atoms with Crippen LogP contribution in [0.4, 0.5) is 0 Å². The smallest absolute Gasteiger partial charge is 0.190 e. The van der Waals surface area contributed by atoms with Crippen molar-refractivity contribution < 1.29 is 0 Å². The van der Waals surface area contributed by atoms with Gasteiger partial charge in [0.1, 0.15) is 5.82 Å². The minimum Gasteiger partial charge on any atom is -0.356 e. The van der Waals surface area contributed by atoms with E-state index in [2.05, 4.69) is 39.7 Å². The Kier molecular flexibility index (Phi) is 9.66. The number of pyridine rings is 1. The number of aliphatic imine (C=N–C) groups is 1. The predicted molar refractivity (Wildman–Crippen MR) is 110 cm³/mol. The summed E-state index contributed by atoms with van der Waals surface area (Å²) in [6, 6.07) is 5.95. The first-order valence-corrected chi connectivity index (χ1v) is 8.51. The first-order chi connectivity index (χ1) is 11.3. The topological polar surface area (TPSA) is 66.6 Å². The van der Waals surface area contributed by atoms with Crippen molar-refractivity contribution in [3.05, 3.63) is 30.2 Å². The monoisotopic (exact) mass is 444 g/mol. The van der Waals surface area contributed by atoms with Gasteiger partial charge in [-0.1, -0.05) is 32.8 Å². The maximum absolute atomic E-state index is 4.27. The molecule has 0 spiro atoms. The highest BCUT2D eigenvalue weighted by Crippen LogP contribution is 2.05. The van der Waals surface area contributed by atoms with E-state index in [1.165, 1.54) is 12.8 Å². The van der Waals surface area contributed by atoms with Crippen LogP contribution in [-0.2, 0) is 6.42 Å². The van der Waals surface area contributed by atoms with Crippen LogP contribution in [0, 0.1) is 5.92 Å². The van der Waals surface area contributed by atoms with Crippen LogP contribution >= 0.6 is 24.0 Å². The van der Waals surface area contributed by atoms with E-state index >= 15 is 0 Å². The third-order valence-electron chi connectivity index (χ3n) is 4.19. The molecule has 0 saturated carbocycles. The molecule has 0 aliphatic carbocycles. The fourth-order valence-electron chi connectivity index (χ4n) is 2.55. The molecular weight excluding hydrogens is 415 g/mol. The number of hydrogen-bond donors (Lipinski definition) is 2. The van der Waals surface area contributed by atoms with Gasteiger partial charge >= 0.3 is 0 Å². The lowest BCUT2D eigenvalue weighted by Gasteiger charge is -2.16. The SMILES string of the molecule is CCC(CC)CNC(=NC)NCCCc1nnc2ccccn12.I. The van der Waals surface area contributed by atoms with E-state index in [1.807, 2.05) is 35.8 Å². The highest BCUT2D eigenvalue weighted by atomic mass is 127. The summed E-state index contributed by atoms with van der Waals surface area (Å²) in [4.78, 5) is 4.27. The Morgan fingerprint density at radius 3 is 2.71 bits per heavy atom. The number of halogens is 1. The molecule has 0 aliphatic heterocycles. The number of aryl methyl sites for hydroxylation is 1. The average Bonchev–Trinajstić information content (AvgIpc) is 3.00. The molecule has 6 nitrogen and oxygen atoms in total. The molecule has 2 N–H and O–H groups in total. The second kappa shape index (κ2) is 11.2. The molecule has 0 atom stereocenters. The van der Waals surface area contributed by atoms with Gasteiger partial charge in [0.25, 0.3) is 0 Å². The quantitative estimate of drug-likeness (QED) is 0.285. The van der Waals surface area contributed by atoms with Gasteiger partial charge in [-0.3, -0.25) is 9.39 Å². The number of fused-ring (bicyclic) bond motifs is 1. The van der Waals surface area contributed by atoms with Crippen molar-refractivity contribution in [3.8, 4) is 0 Å². The summed E-state index contributed by atoms with van der Waals surface area (Å²) in [6.45, 7) is 6.30. The lowest BCUT2D eigenvalue weighted by Crippen LogP contribution is -2.40. The van der Waals surface area contributed by atoms with Crippen LogP contribution in [0.1, 0.15) is 38.9 Å². The molecule has 2 aromatic rings. The van der Waals surface area contributed by atoms with Crippen LogP contribution in [0.2, 0.25) is 0 Å². The van der Waals surface area contributed by atoms with E-state index in [9.17, 15) is 0 Å². The molecule has 7 heteroatoms. The van der Waals surface area contributed by atoms with Gasteiger partial charge in [-0.05, 0) is 24.5 Å². The number of rotatable bonds is 8. The largest absolute Gasteiger partial charge is 0.356 e. The molecule has 0 amide bonds. The molecule has 0 bridgehead atoms. The van der Waals surface area contributed by atoms with Crippen molar-refractivity contribution in [1.82, 2.24) is 25.2 Å². The fourth-order valence-corrected chi connectivity index (χ4v) is 2.55. The minimum absolute atomic E-state index is 0. The van der Waals surface area contributed by atoms with Crippen LogP contribution in [0.5, 0.6) is 0 Å². The zero-order valence-electron chi connectivity index (χ0n) is 14.8. The number of nitrogens with one attached hydrogen (secondary N) is 2. The van der Waals surface area contributed by atoms with E-state index in [-0.39, 0.29) is 24.0 Å². The number of nitrogens with zero attached hydrogens (tertiary/aromatic N) is 4. The first-order valence-electron chi connectivity index (χ1n) is 8.51. The van der Waals surface area contributed by atoms with Gasteiger partial charge < -0.3 is 10.6 Å². The van der Waals surface area contributed by atoms with E-state index in [0.717, 1.165) is 43.4 Å². The van der Waals surface area contributed by atoms with Crippen molar-refractivity contribution in [2.24, 2.45) is 10.9 Å². The van der Waals surface area contributed by atoms with Gasteiger partial charge in [0.05, 0.1) is 0 Å². The van der Waals surface area contributed by atoms with E-state index in [0.29, 0.717) is 5.92 Å². The Balaban J connectivity index is 0.00000288. The zero-order valence-corrected chi connectivity index (χ0v) is 17.2. The third kappa shape index (κ3) is 5.92. The maximum atomic E-state index is 4.27. The molecule has 24 heavy (non-hydrogen) atoms. The van der Waals surface area contributed by atoms with Crippen molar-refractivity contribution in [1.29, 1.82) is 0 Å². The van der Waals surface area contributed by atoms with Crippen LogP contribution in [-0.4, -0.2) is 40.7 Å². The van der Waals surface area contributed by atoms with Crippen LogP contribution < -0.4 is 10.6 Å². The summed E-state index contributed by atoms with van der Waals surface area (Å²) in [7, 11) is 1.81. The molecule has 0 unspecified atom stereocenters. The average molecular weight is 444 g/mol. The van der Waals surface area contributed by atoms with Crippen LogP contribution in [0.25, 0.3) is 5.65 Å². The summed E-state index contributed by atoms with van der Waals surface area (Å²) in [5, 5.41) is 15.2. The van der Waals surface area contributed by atoms with Crippen molar-refractivity contribution in [2.75, 3.05) is 20.1 Å². The van der Waals surface area contributed by atoms with Gasteiger partial charge in [0, 0.05) is 32.8 Å². The van der Waals surface area contributed by atoms with Gasteiger partial charge in [-0.15, -0.1) is 34.2 Å². The number of aromatic nitrogens is 3. The van der Waals surface area contributed by atoms with Crippen molar-refractivity contribution >= 4 is 35.6 Å². The van der Waals surface area contributed by atoms with Gasteiger partial charge in [-0.25, -0.2) is 0 Å². The molecule has 0 radical (unpaired) electrons. The maximum Gasteiger partial charge on any atom is 0.190 e. The molecule has 2 heterocycles. The summed E-state index contributed by atoms with van der Waals surface area (Å²) < 4.78 is 2.04. The van der Waals surface area contributed by atoms with E-state index < -0.39 is 0 Å². The highest BCUT2D eigenvalue weighted by Gasteiger charge is 2.06. The normalized spacial score (nSPS) is 11.6. The Morgan fingerprint density at radius 1 is 1.21 bits per heavy atom. The molecule has 0 fully saturated rings. The van der Waals surface area contributed by atoms with Crippen LogP contribution in [0.3, 0.4) is 0 Å². The second-order valence-corrected chi connectivity index (χ2v) is 5.71. The summed E-state index contributed by atoms with van der Waals surface area (Å²) in [5.74, 6) is 2.58. The summed E-state index contributed by atoms with van der Waals surface area (Å²) >= 11 is 0. The Hall–Kier alpha value is -1.38. The minimum atomic E-state index is 0. The standard InChI is InChI=1S/C17H28N6.HI/c1-4-14(5-2)13-20-17(18-3)19-11-8-10-16-22-21-15-9-6-7-12-23(15)16;/h6-7,9,12,14H,4-5,8,10-11,13H2,1-3H3,(H2,18,19,20);1H. The number of hydrogen-bond acceptors (Lipinski definition) is 3. The summed E-state index contributed by atoms with van der Waals surface area (Å²) in [6.07, 6.45) is 6.28. The van der Waals surface area contributed by atoms with Crippen molar-refractivity contribution in [2.45, 2.75) is 39.5 Å². The second-order valence-electron chi connectivity index (χ2n) is 5.71. The molecule has 2 rings (SSSR count). The Bertz CT molecular complexity index is 620. The predicted octanol–water partition coefficient (Wildman–Crippen LogP) is 2.88. The van der Waals surface area contributed by atoms with Gasteiger partial charge in [0.15, 0.2) is 11.6 Å². The molecular formula is C17H29IN6. The van der Waals surface area contributed by atoms with Crippen LogP contribution in [0.15, 0.2) is 29.4 Å². The van der Waals surface area contributed by atoms with Gasteiger partial charge in [-0.2, -0.15) is 0 Å². The zero-order chi connectivity index (χ0) is 16.5. The highest BCUT2D eigenvalue weighted by molar-refractivity contribution is 14.0. The molecule has 0 saturated heterocycles. The molecule has 2 aromatic heterocycles. The first kappa shape index (κ1) is 20.7. The fraction of sp³-hybridized carbons (Fsp3) is 0.588. The number of guanidine groups is 1.